The molecule has 15 nitrogen and oxygen atoms in total. The first-order valence-electron chi connectivity index (χ1n) is 19.1. The second-order valence-corrected chi connectivity index (χ2v) is 17.1. The molecule has 0 aliphatic heterocycles. The number of halogens is 2. The molecule has 0 saturated heterocycles. The highest BCUT2D eigenvalue weighted by Gasteiger charge is 2.33. The quantitative estimate of drug-likeness (QED) is 0.109. The van der Waals surface area contributed by atoms with Crippen LogP contribution in [0.5, 0.6) is 5.75 Å². The molecule has 4 amide bonds. The van der Waals surface area contributed by atoms with E-state index in [-0.39, 0.29) is 29.0 Å². The molecule has 320 valence electrons. The largest absolute Gasteiger partial charge is 0.491 e. The maximum Gasteiger partial charge on any atom is 0.306 e. The molecular weight excluding hydrogens is 793 g/mol. The summed E-state index contributed by atoms with van der Waals surface area (Å²) in [5, 5.41) is 31.6. The highest BCUT2D eigenvalue weighted by molar-refractivity contribution is 7.92. The van der Waals surface area contributed by atoms with Gasteiger partial charge in [-0.05, 0) is 55.9 Å². The molecule has 1 aliphatic carbocycles. The number of hydrogen-bond acceptors (Lipinski definition) is 9. The van der Waals surface area contributed by atoms with Crippen molar-refractivity contribution >= 4 is 45.3 Å². The summed E-state index contributed by atoms with van der Waals surface area (Å²) in [5.74, 6) is -7.16. The van der Waals surface area contributed by atoms with Gasteiger partial charge in [0.25, 0.3) is 11.8 Å². The van der Waals surface area contributed by atoms with Crippen LogP contribution in [0.4, 0.5) is 14.5 Å². The minimum absolute atomic E-state index is 0.0506. The molecule has 1 aliphatic rings. The summed E-state index contributed by atoms with van der Waals surface area (Å²) in [6.45, 7) is 4.48. The highest BCUT2D eigenvalue weighted by Crippen LogP contribution is 2.26. The third-order valence-corrected chi connectivity index (χ3v) is 11.2. The van der Waals surface area contributed by atoms with Gasteiger partial charge < -0.3 is 36.2 Å². The van der Waals surface area contributed by atoms with Crippen LogP contribution in [0.25, 0.3) is 0 Å². The second-order valence-electron chi connectivity index (χ2n) is 15.1. The van der Waals surface area contributed by atoms with Crippen LogP contribution in [0.15, 0.2) is 66.7 Å². The second kappa shape index (κ2) is 20.4. The van der Waals surface area contributed by atoms with Crippen LogP contribution in [-0.4, -0.2) is 92.4 Å². The monoisotopic (exact) mass is 843 g/mol. The Kier molecular flexibility index (Phi) is 15.9. The van der Waals surface area contributed by atoms with E-state index in [1.165, 1.54) is 25.2 Å². The van der Waals surface area contributed by atoms with E-state index in [9.17, 15) is 51.4 Å². The lowest BCUT2D eigenvalue weighted by atomic mass is 9.85. The van der Waals surface area contributed by atoms with Gasteiger partial charge in [0.05, 0.1) is 42.5 Å². The number of aliphatic hydroxyl groups is 1. The van der Waals surface area contributed by atoms with Gasteiger partial charge in [-0.3, -0.25) is 28.3 Å². The van der Waals surface area contributed by atoms with Crippen LogP contribution in [0.3, 0.4) is 0 Å². The molecule has 4 rings (SSSR count). The number of ether oxygens (including phenoxy) is 1. The zero-order valence-corrected chi connectivity index (χ0v) is 34.2. The lowest BCUT2D eigenvalue weighted by Crippen LogP contribution is -2.54. The molecule has 0 bridgehead atoms. The van der Waals surface area contributed by atoms with E-state index < -0.39 is 106 Å². The van der Waals surface area contributed by atoms with Crippen LogP contribution < -0.4 is 30.3 Å². The molecule has 6 N–H and O–H groups in total. The normalized spacial score (nSPS) is 17.4. The standard InChI is InChI=1S/C41H51F2N5O10S/c1-23(2)37(40(53)45-31-13-9-12-26(15-31)41(54)55)47-36(50)21-35(49)34(22-58-33-19-29(42)18-30(43)20-33)46-39(52)28-14-27(16-32(17-28)48(4)59(5,56)57)38(51)44-24(3)25-10-7-6-8-11-25/h6-8,10-11,14,16-20,23-24,26,31,34-35,37,49H,9,12-13,15,21-22H2,1-5H3,(H,44,51)(H,45,53)(H,46,52)(H,47,50)(H,54,55)/t24-,26?,31?,34+,35+,37+/m1/s1. The number of nitrogens with zero attached hydrogens (tertiary/aromatic N) is 1. The number of hydrogen-bond donors (Lipinski definition) is 6. The summed E-state index contributed by atoms with van der Waals surface area (Å²) in [4.78, 5) is 65.6. The van der Waals surface area contributed by atoms with Crippen molar-refractivity contribution in [3.63, 3.8) is 0 Å². The molecule has 59 heavy (non-hydrogen) atoms. The summed E-state index contributed by atoms with van der Waals surface area (Å²) in [5.41, 5.74) is 0.419. The molecule has 18 heteroatoms. The smallest absolute Gasteiger partial charge is 0.306 e. The fourth-order valence-corrected chi connectivity index (χ4v) is 7.07. The molecule has 0 spiro atoms. The summed E-state index contributed by atoms with van der Waals surface area (Å²) in [6.07, 6.45) is 0.392. The highest BCUT2D eigenvalue weighted by atomic mass is 32.2. The van der Waals surface area contributed by atoms with Crippen molar-refractivity contribution in [2.24, 2.45) is 11.8 Å². The van der Waals surface area contributed by atoms with Gasteiger partial charge in [0.1, 0.15) is 30.0 Å². The molecule has 0 radical (unpaired) electrons. The van der Waals surface area contributed by atoms with Crippen molar-refractivity contribution < 1.29 is 56.1 Å². The number of sulfonamides is 1. The van der Waals surface area contributed by atoms with Crippen molar-refractivity contribution in [1.82, 2.24) is 21.3 Å². The predicted molar refractivity (Wildman–Crippen MR) is 214 cm³/mol. The van der Waals surface area contributed by atoms with Crippen molar-refractivity contribution in [1.29, 1.82) is 0 Å². The van der Waals surface area contributed by atoms with E-state index >= 15 is 0 Å². The zero-order valence-electron chi connectivity index (χ0n) is 33.4. The Morgan fingerprint density at radius 1 is 0.881 bits per heavy atom. The zero-order chi connectivity index (χ0) is 43.6. The molecule has 0 heterocycles. The number of aliphatic carboxylic acids is 1. The van der Waals surface area contributed by atoms with Gasteiger partial charge in [0, 0.05) is 42.4 Å². The molecule has 3 aromatic rings. The van der Waals surface area contributed by atoms with Crippen LogP contribution >= 0.6 is 0 Å². The van der Waals surface area contributed by atoms with Crippen LogP contribution in [0, 0.1) is 23.5 Å². The minimum atomic E-state index is -3.89. The Hall–Kier alpha value is -5.62. The van der Waals surface area contributed by atoms with Crippen molar-refractivity contribution in [3.05, 3.63) is 95.1 Å². The van der Waals surface area contributed by atoms with Crippen molar-refractivity contribution in [2.45, 2.75) is 83.1 Å². The first-order chi connectivity index (χ1) is 27.7. The molecule has 6 atom stereocenters. The van der Waals surface area contributed by atoms with Crippen molar-refractivity contribution in [3.8, 4) is 5.75 Å². The average Bonchev–Trinajstić information content (AvgIpc) is 3.17. The summed E-state index contributed by atoms with van der Waals surface area (Å²) >= 11 is 0. The number of anilines is 1. The first-order valence-corrected chi connectivity index (χ1v) is 20.9. The number of nitrogens with one attached hydrogen (secondary N) is 4. The Morgan fingerprint density at radius 2 is 1.49 bits per heavy atom. The summed E-state index contributed by atoms with van der Waals surface area (Å²) < 4.78 is 59.5. The number of benzene rings is 3. The number of carboxylic acid groups (broad SMARTS) is 1. The maximum atomic E-state index is 14.0. The molecule has 2 unspecified atom stereocenters. The molecule has 1 fully saturated rings. The van der Waals surface area contributed by atoms with E-state index in [1.54, 1.807) is 45.0 Å². The fraction of sp³-hybridized carbons (Fsp3) is 0.439. The number of carbonyl (C=O) groups is 5. The van der Waals surface area contributed by atoms with Gasteiger partial charge in [0.15, 0.2) is 0 Å². The average molecular weight is 844 g/mol. The van der Waals surface area contributed by atoms with Crippen molar-refractivity contribution in [2.75, 3.05) is 24.2 Å². The maximum absolute atomic E-state index is 14.0. The lowest BCUT2D eigenvalue weighted by molar-refractivity contribution is -0.143. The van der Waals surface area contributed by atoms with Gasteiger partial charge in [0.2, 0.25) is 21.8 Å². The van der Waals surface area contributed by atoms with Gasteiger partial charge in [-0.15, -0.1) is 0 Å². The summed E-state index contributed by atoms with van der Waals surface area (Å²) in [6, 6.07) is 11.6. The number of aliphatic hydroxyl groups excluding tert-OH is 1. The Bertz CT molecular complexity index is 2090. The van der Waals surface area contributed by atoms with E-state index in [4.69, 9.17) is 4.74 Å². The topological polar surface area (TPSA) is 221 Å². The molecular formula is C41H51F2N5O10S. The van der Waals surface area contributed by atoms with E-state index in [2.05, 4.69) is 21.3 Å². The Morgan fingerprint density at radius 3 is 2.07 bits per heavy atom. The van der Waals surface area contributed by atoms with Crippen LogP contribution in [-0.2, 0) is 24.4 Å². The fourth-order valence-electron chi connectivity index (χ4n) is 6.59. The third kappa shape index (κ3) is 13.5. The SMILES string of the molecule is CC(C)[C@H](NC(=O)C[C@H](O)[C@H](COc1cc(F)cc(F)c1)NC(=O)c1cc(C(=O)N[C@H](C)c2ccccc2)cc(N(C)S(C)(=O)=O)c1)C(=O)NC1CCCC(C(=O)O)C1. The predicted octanol–water partition coefficient (Wildman–Crippen LogP) is 3.68. The number of rotatable bonds is 18. The van der Waals surface area contributed by atoms with Gasteiger partial charge in [-0.2, -0.15) is 0 Å². The summed E-state index contributed by atoms with van der Waals surface area (Å²) in [7, 11) is -2.66. The van der Waals surface area contributed by atoms with Gasteiger partial charge in [-0.25, -0.2) is 17.2 Å². The molecule has 0 aromatic heterocycles. The Balaban J connectivity index is 1.58. The number of carbonyl (C=O) groups excluding carboxylic acids is 4. The van der Waals surface area contributed by atoms with E-state index in [0.717, 1.165) is 28.3 Å². The van der Waals surface area contributed by atoms with E-state index in [0.29, 0.717) is 25.3 Å². The molecule has 3 aromatic carbocycles. The van der Waals surface area contributed by atoms with Crippen LogP contribution in [0.2, 0.25) is 0 Å². The first kappa shape index (κ1) is 46.1. The van der Waals surface area contributed by atoms with E-state index in [1.807, 2.05) is 6.07 Å². The number of amides is 4. The minimum Gasteiger partial charge on any atom is -0.491 e. The van der Waals surface area contributed by atoms with Crippen LogP contribution in [0.1, 0.15) is 85.2 Å². The molecule has 1 saturated carbocycles. The lowest BCUT2D eigenvalue weighted by Gasteiger charge is -2.30. The third-order valence-electron chi connectivity index (χ3n) is 10.0. The number of carboxylic acids is 1. The van der Waals surface area contributed by atoms with Gasteiger partial charge >= 0.3 is 5.97 Å². The van der Waals surface area contributed by atoms with Gasteiger partial charge in [-0.1, -0.05) is 50.6 Å². The Labute approximate surface area is 341 Å².